The van der Waals surface area contributed by atoms with E-state index in [1.165, 1.54) is 0 Å². The number of benzene rings is 4. The van der Waals surface area contributed by atoms with Gasteiger partial charge in [-0.2, -0.15) is 0 Å². The monoisotopic (exact) mass is 668 g/mol. The van der Waals surface area contributed by atoms with E-state index in [9.17, 15) is 0 Å². The van der Waals surface area contributed by atoms with Gasteiger partial charge in [0.05, 0.1) is 33.3 Å². The Morgan fingerprint density at radius 1 is 0.708 bits per heavy atom. The molecule has 0 radical (unpaired) electrons. The Hall–Kier alpha value is -4.61. The third-order valence-corrected chi connectivity index (χ3v) is 9.74. The Morgan fingerprint density at radius 3 is 1.58 bits per heavy atom. The Kier molecular flexibility index (Phi) is 9.11. The van der Waals surface area contributed by atoms with Crippen LogP contribution in [0.1, 0.15) is 60.5 Å². The molecule has 2 heterocycles. The molecule has 1 atom stereocenters. The van der Waals surface area contributed by atoms with Crippen molar-refractivity contribution in [3.63, 3.8) is 0 Å². The number of hydrogen-bond donors (Lipinski definition) is 2. The van der Waals surface area contributed by atoms with Gasteiger partial charge in [0.2, 0.25) is 11.8 Å². The van der Waals surface area contributed by atoms with Gasteiger partial charge in [0.25, 0.3) is 0 Å². The van der Waals surface area contributed by atoms with Crippen LogP contribution in [0.2, 0.25) is 39.3 Å². The number of nitrogens with zero attached hydrogens (tertiary/aromatic N) is 2. The van der Waals surface area contributed by atoms with Crippen LogP contribution in [0, 0.1) is 22.9 Å². The van der Waals surface area contributed by atoms with E-state index >= 15 is 0 Å². The lowest BCUT2D eigenvalue weighted by Gasteiger charge is -2.25. The van der Waals surface area contributed by atoms with Gasteiger partial charge in [0.1, 0.15) is 16.1 Å². The van der Waals surface area contributed by atoms with Crippen LogP contribution in [-0.2, 0) is 0 Å². The fourth-order valence-corrected chi connectivity index (χ4v) is 6.45. The van der Waals surface area contributed by atoms with Crippen molar-refractivity contribution >= 4 is 55.8 Å². The minimum atomic E-state index is -1.72. The van der Waals surface area contributed by atoms with Crippen molar-refractivity contribution in [3.8, 4) is 34.4 Å². The molecule has 244 valence electrons. The molecule has 0 spiro atoms. The molecular formula is C40H44N4O2Si2. The number of aliphatic imine (C=N–C) groups is 2. The maximum Gasteiger partial charge on any atom is 0.227 e. The quantitative estimate of drug-likeness (QED) is 0.152. The lowest BCUT2D eigenvalue weighted by Crippen LogP contribution is -2.19. The summed E-state index contributed by atoms with van der Waals surface area (Å²) in [4.78, 5) is 10.2. The predicted octanol–water partition coefficient (Wildman–Crippen LogP) is 9.47. The molecular weight excluding hydrogens is 625 g/mol. The molecule has 2 aliphatic rings. The fraction of sp³-hybridized carbons (Fsp3) is 0.300. The lowest BCUT2D eigenvalue weighted by molar-refractivity contribution is 0.545. The second-order valence-electron chi connectivity index (χ2n) is 14.5. The molecule has 4 aromatic carbocycles. The summed E-state index contributed by atoms with van der Waals surface area (Å²) in [6, 6.07) is 20.5. The summed E-state index contributed by atoms with van der Waals surface area (Å²) < 4.78 is 13.4. The highest BCUT2D eigenvalue weighted by atomic mass is 28.3. The topological polar surface area (TPSA) is 81.2 Å². The molecule has 0 fully saturated rings. The van der Waals surface area contributed by atoms with Crippen LogP contribution < -0.4 is 20.5 Å². The van der Waals surface area contributed by atoms with Crippen molar-refractivity contribution in [2.75, 3.05) is 11.9 Å². The zero-order valence-electron chi connectivity index (χ0n) is 29.3. The lowest BCUT2D eigenvalue weighted by atomic mass is 9.96. The Morgan fingerprint density at radius 2 is 1.17 bits per heavy atom. The zero-order valence-corrected chi connectivity index (χ0v) is 31.3. The molecule has 0 bridgehead atoms. The van der Waals surface area contributed by atoms with Crippen molar-refractivity contribution in [1.29, 1.82) is 0 Å². The summed E-state index contributed by atoms with van der Waals surface area (Å²) in [6.45, 7) is 18.6. The summed E-state index contributed by atoms with van der Waals surface area (Å²) in [6.07, 6.45) is 1.92. The molecule has 3 N–H and O–H groups in total. The summed E-state index contributed by atoms with van der Waals surface area (Å²) in [5, 5.41) is 5.13. The molecule has 0 aliphatic carbocycles. The summed E-state index contributed by atoms with van der Waals surface area (Å²) in [7, 11) is -3.45. The molecule has 8 heteroatoms. The number of anilines is 1. The molecule has 0 saturated carbocycles. The van der Waals surface area contributed by atoms with Gasteiger partial charge in [0, 0.05) is 29.4 Å². The van der Waals surface area contributed by atoms with Gasteiger partial charge >= 0.3 is 0 Å². The standard InChI is InChI=1S/C40H44N4O2Si2/c1-9-21-42-31-17-15-28(16-18-31)40-44-34-25-29(19-22-47(3,4)5)37-35-33(24-30(20-23-48(6,7)8)38(46-40)36(34)35)43-39(45-37)27-13-11-26(12-14-27)32(41)10-2/h11-18,24-25,32,42H,9-10,21,41H2,1-8H3. The largest absolute Gasteiger partial charge is 0.436 e. The van der Waals surface area contributed by atoms with Gasteiger partial charge in [-0.1, -0.05) is 77.1 Å². The van der Waals surface area contributed by atoms with Gasteiger partial charge in [-0.3, -0.25) is 0 Å². The zero-order chi connectivity index (χ0) is 34.2. The summed E-state index contributed by atoms with van der Waals surface area (Å²) >= 11 is 0. The van der Waals surface area contributed by atoms with Crippen LogP contribution in [-0.4, -0.2) is 34.5 Å². The van der Waals surface area contributed by atoms with Gasteiger partial charge in [0.15, 0.2) is 11.5 Å². The first-order valence-electron chi connectivity index (χ1n) is 16.8. The average molecular weight is 669 g/mol. The fourth-order valence-electron chi connectivity index (χ4n) is 5.43. The molecule has 4 aromatic rings. The van der Waals surface area contributed by atoms with E-state index in [4.69, 9.17) is 25.2 Å². The third-order valence-electron chi connectivity index (χ3n) is 7.99. The SMILES string of the molecule is CCCNc1ccc(C2=Nc3cc(C#C[Si](C)(C)C)c4c5c(cc(C#C[Si](C)(C)C)c(c35)O2)N=C(c2ccc(C(N)CC)cc2)O4)cc1. The normalized spacial score (nSPS) is 13.9. The molecule has 0 saturated heterocycles. The highest BCUT2D eigenvalue weighted by Gasteiger charge is 2.30. The molecule has 0 aromatic heterocycles. The van der Waals surface area contributed by atoms with E-state index in [1.54, 1.807) is 0 Å². The number of ether oxygens (including phenoxy) is 2. The smallest absolute Gasteiger partial charge is 0.227 e. The first kappa shape index (κ1) is 33.3. The van der Waals surface area contributed by atoms with E-state index < -0.39 is 16.1 Å². The highest BCUT2D eigenvalue weighted by molar-refractivity contribution is 6.84. The second-order valence-corrected chi connectivity index (χ2v) is 24.0. The van der Waals surface area contributed by atoms with Crippen LogP contribution in [0.25, 0.3) is 10.8 Å². The maximum absolute atomic E-state index is 6.70. The minimum absolute atomic E-state index is 0.0119. The van der Waals surface area contributed by atoms with E-state index in [1.807, 2.05) is 36.4 Å². The molecule has 6 rings (SSSR count). The molecule has 2 aliphatic heterocycles. The highest BCUT2D eigenvalue weighted by Crippen LogP contribution is 2.51. The van der Waals surface area contributed by atoms with Crippen molar-refractivity contribution in [2.45, 2.75) is 72.0 Å². The minimum Gasteiger partial charge on any atom is -0.436 e. The first-order valence-corrected chi connectivity index (χ1v) is 23.8. The van der Waals surface area contributed by atoms with E-state index in [0.717, 1.165) is 75.0 Å². The summed E-state index contributed by atoms with van der Waals surface area (Å²) in [5.74, 6) is 9.39. The van der Waals surface area contributed by atoms with E-state index in [2.05, 4.69) is 106 Å². The number of hydrogen-bond acceptors (Lipinski definition) is 6. The predicted molar refractivity (Wildman–Crippen MR) is 207 cm³/mol. The Bertz CT molecular complexity index is 2080. The van der Waals surface area contributed by atoms with Crippen molar-refractivity contribution in [1.82, 2.24) is 0 Å². The van der Waals surface area contributed by atoms with Crippen LogP contribution in [0.15, 0.2) is 70.6 Å². The van der Waals surface area contributed by atoms with Gasteiger partial charge in [-0.15, -0.1) is 11.1 Å². The number of rotatable bonds is 7. The number of nitrogens with one attached hydrogen (secondary N) is 1. The Labute approximate surface area is 286 Å². The molecule has 48 heavy (non-hydrogen) atoms. The Balaban J connectivity index is 1.58. The van der Waals surface area contributed by atoms with Crippen LogP contribution in [0.5, 0.6) is 11.5 Å². The van der Waals surface area contributed by atoms with Crippen LogP contribution >= 0.6 is 0 Å². The van der Waals surface area contributed by atoms with E-state index in [0.29, 0.717) is 23.3 Å². The van der Waals surface area contributed by atoms with E-state index in [-0.39, 0.29) is 6.04 Å². The van der Waals surface area contributed by atoms with Gasteiger partial charge in [-0.05, 0) is 66.9 Å². The van der Waals surface area contributed by atoms with Crippen molar-refractivity contribution in [2.24, 2.45) is 15.7 Å². The first-order chi connectivity index (χ1) is 22.8. The van der Waals surface area contributed by atoms with Gasteiger partial charge in [-0.25, -0.2) is 9.98 Å². The molecule has 1 unspecified atom stereocenters. The average Bonchev–Trinajstić information content (AvgIpc) is 3.06. The third kappa shape index (κ3) is 7.12. The van der Waals surface area contributed by atoms with Crippen LogP contribution in [0.3, 0.4) is 0 Å². The second kappa shape index (κ2) is 13.1. The van der Waals surface area contributed by atoms with Crippen LogP contribution in [0.4, 0.5) is 17.1 Å². The van der Waals surface area contributed by atoms with Crippen molar-refractivity contribution < 1.29 is 9.47 Å². The number of nitrogens with two attached hydrogens (primary N) is 1. The van der Waals surface area contributed by atoms with Crippen molar-refractivity contribution in [3.05, 3.63) is 88.5 Å². The molecule has 0 amide bonds. The maximum atomic E-state index is 6.70. The summed E-state index contributed by atoms with van der Waals surface area (Å²) in [5.41, 5.74) is 20.4. The molecule has 6 nitrogen and oxygen atoms in total. The van der Waals surface area contributed by atoms with Gasteiger partial charge < -0.3 is 20.5 Å².